The van der Waals surface area contributed by atoms with Crippen molar-refractivity contribution in [3.8, 4) is 0 Å². The Hall–Kier alpha value is -1.35. The molecule has 0 atom stereocenters. The molecule has 3 heteroatoms. The Morgan fingerprint density at radius 1 is 1.43 bits per heavy atom. The third kappa shape index (κ3) is 1.40. The highest BCUT2D eigenvalue weighted by molar-refractivity contribution is 5.83. The summed E-state index contributed by atoms with van der Waals surface area (Å²) in [4.78, 5) is 0. The molecule has 0 aliphatic carbocycles. The Balaban J connectivity index is 2.66. The molecule has 1 aromatic heterocycles. The number of ether oxygens (including phenoxy) is 1. The molecule has 0 saturated heterocycles. The number of methoxy groups -OCH3 is 1. The third-order valence-corrected chi connectivity index (χ3v) is 2.33. The molecule has 0 unspecified atom stereocenters. The van der Waals surface area contributed by atoms with Gasteiger partial charge >= 0.3 is 0 Å². The number of hydrogen-bond acceptors (Lipinski definition) is 1. The Kier molecular flexibility index (Phi) is 2.25. The molecule has 2 nitrogen and oxygen atoms in total. The zero-order valence-electron chi connectivity index (χ0n) is 8.25. The summed E-state index contributed by atoms with van der Waals surface area (Å²) in [5.41, 5.74) is 2.04. The first-order valence-electron chi connectivity index (χ1n) is 4.45. The van der Waals surface area contributed by atoms with Gasteiger partial charge in [-0.05, 0) is 18.2 Å². The Labute approximate surface area is 81.9 Å². The summed E-state index contributed by atoms with van der Waals surface area (Å²) in [7, 11) is 3.58. The van der Waals surface area contributed by atoms with E-state index in [4.69, 9.17) is 4.74 Å². The van der Waals surface area contributed by atoms with Crippen LogP contribution in [-0.4, -0.2) is 11.7 Å². The van der Waals surface area contributed by atoms with E-state index in [-0.39, 0.29) is 5.82 Å². The van der Waals surface area contributed by atoms with Crippen LogP contribution >= 0.6 is 0 Å². The summed E-state index contributed by atoms with van der Waals surface area (Å²) >= 11 is 0. The fourth-order valence-corrected chi connectivity index (χ4v) is 1.72. The topological polar surface area (TPSA) is 14.2 Å². The second kappa shape index (κ2) is 3.42. The molecule has 0 saturated carbocycles. The van der Waals surface area contributed by atoms with Gasteiger partial charge in [0.05, 0.1) is 6.61 Å². The second-order valence-corrected chi connectivity index (χ2v) is 3.36. The van der Waals surface area contributed by atoms with Crippen molar-refractivity contribution in [3.05, 3.63) is 35.8 Å². The average Bonchev–Trinajstić information content (AvgIpc) is 2.44. The van der Waals surface area contributed by atoms with Crippen LogP contribution in [0.1, 0.15) is 5.56 Å². The lowest BCUT2D eigenvalue weighted by atomic mass is 10.2. The lowest BCUT2D eigenvalue weighted by Gasteiger charge is -1.96. The van der Waals surface area contributed by atoms with Crippen molar-refractivity contribution in [2.24, 2.45) is 7.05 Å². The van der Waals surface area contributed by atoms with Crippen LogP contribution < -0.4 is 0 Å². The van der Waals surface area contributed by atoms with E-state index in [1.807, 2.05) is 17.8 Å². The largest absolute Gasteiger partial charge is 0.380 e. The molecule has 0 amide bonds. The summed E-state index contributed by atoms with van der Waals surface area (Å²) in [6.45, 7) is 0.515. The minimum absolute atomic E-state index is 0.207. The van der Waals surface area contributed by atoms with E-state index in [0.29, 0.717) is 6.61 Å². The molecule has 1 aromatic carbocycles. The van der Waals surface area contributed by atoms with Gasteiger partial charge in [0.2, 0.25) is 0 Å². The highest BCUT2D eigenvalue weighted by Crippen LogP contribution is 2.22. The van der Waals surface area contributed by atoms with Crippen LogP contribution in [0.15, 0.2) is 24.4 Å². The zero-order valence-corrected chi connectivity index (χ0v) is 8.25. The van der Waals surface area contributed by atoms with E-state index in [9.17, 15) is 4.39 Å². The van der Waals surface area contributed by atoms with Gasteiger partial charge in [-0.3, -0.25) is 0 Å². The van der Waals surface area contributed by atoms with Gasteiger partial charge in [0.1, 0.15) is 5.82 Å². The number of hydrogen-bond donors (Lipinski definition) is 0. The van der Waals surface area contributed by atoms with Crippen molar-refractivity contribution in [2.45, 2.75) is 6.61 Å². The van der Waals surface area contributed by atoms with E-state index in [0.717, 1.165) is 16.5 Å². The molecule has 74 valence electrons. The van der Waals surface area contributed by atoms with E-state index >= 15 is 0 Å². The van der Waals surface area contributed by atoms with E-state index in [1.54, 1.807) is 19.2 Å². The van der Waals surface area contributed by atoms with Crippen LogP contribution in [0.3, 0.4) is 0 Å². The molecule has 14 heavy (non-hydrogen) atoms. The van der Waals surface area contributed by atoms with Crippen LogP contribution in [0.2, 0.25) is 0 Å². The molecule has 1 heterocycles. The van der Waals surface area contributed by atoms with Crippen molar-refractivity contribution >= 4 is 10.9 Å². The first-order valence-corrected chi connectivity index (χ1v) is 4.45. The smallest absolute Gasteiger partial charge is 0.123 e. The molecule has 2 aromatic rings. The maximum atomic E-state index is 13.0. The SMILES string of the molecule is COCc1cn(C)c2ccc(F)cc12. The van der Waals surface area contributed by atoms with Gasteiger partial charge < -0.3 is 9.30 Å². The predicted octanol–water partition coefficient (Wildman–Crippen LogP) is 2.46. The zero-order chi connectivity index (χ0) is 10.1. The number of rotatable bonds is 2. The number of fused-ring (bicyclic) bond motifs is 1. The lowest BCUT2D eigenvalue weighted by Crippen LogP contribution is -1.85. The maximum absolute atomic E-state index is 13.0. The maximum Gasteiger partial charge on any atom is 0.123 e. The van der Waals surface area contributed by atoms with Crippen LogP contribution in [0, 0.1) is 5.82 Å². The highest BCUT2D eigenvalue weighted by Gasteiger charge is 2.06. The molecule has 0 bridgehead atoms. The predicted molar refractivity (Wildman–Crippen MR) is 53.6 cm³/mol. The van der Waals surface area contributed by atoms with Crippen LogP contribution in [0.4, 0.5) is 4.39 Å². The fourth-order valence-electron chi connectivity index (χ4n) is 1.72. The second-order valence-electron chi connectivity index (χ2n) is 3.36. The molecule has 0 aliphatic heterocycles. The molecule has 0 radical (unpaired) electrons. The Morgan fingerprint density at radius 3 is 2.93 bits per heavy atom. The molecule has 0 N–H and O–H groups in total. The van der Waals surface area contributed by atoms with Crippen molar-refractivity contribution in [1.29, 1.82) is 0 Å². The van der Waals surface area contributed by atoms with Crippen LogP contribution in [0.25, 0.3) is 10.9 Å². The number of nitrogens with zero attached hydrogens (tertiary/aromatic N) is 1. The van der Waals surface area contributed by atoms with Gasteiger partial charge in [-0.1, -0.05) is 0 Å². The minimum atomic E-state index is -0.207. The Morgan fingerprint density at radius 2 is 2.21 bits per heavy atom. The first-order chi connectivity index (χ1) is 6.72. The van der Waals surface area contributed by atoms with E-state index in [1.165, 1.54) is 6.07 Å². The summed E-state index contributed by atoms with van der Waals surface area (Å²) in [6, 6.07) is 4.80. The quantitative estimate of drug-likeness (QED) is 0.714. The van der Waals surface area contributed by atoms with E-state index < -0.39 is 0 Å². The van der Waals surface area contributed by atoms with Crippen molar-refractivity contribution in [3.63, 3.8) is 0 Å². The molecule has 2 rings (SSSR count). The number of aromatic nitrogens is 1. The Bertz CT molecular complexity index is 462. The van der Waals surface area contributed by atoms with Gasteiger partial charge in [0.25, 0.3) is 0 Å². The third-order valence-electron chi connectivity index (χ3n) is 2.33. The van der Waals surface area contributed by atoms with Crippen molar-refractivity contribution in [1.82, 2.24) is 4.57 Å². The van der Waals surface area contributed by atoms with Gasteiger partial charge in [-0.25, -0.2) is 4.39 Å². The van der Waals surface area contributed by atoms with Crippen LogP contribution in [0.5, 0.6) is 0 Å². The summed E-state index contributed by atoms with van der Waals surface area (Å²) in [5.74, 6) is -0.207. The minimum Gasteiger partial charge on any atom is -0.380 e. The molecule has 0 aliphatic rings. The van der Waals surface area contributed by atoms with Gasteiger partial charge in [-0.2, -0.15) is 0 Å². The van der Waals surface area contributed by atoms with E-state index in [2.05, 4.69) is 0 Å². The average molecular weight is 193 g/mol. The lowest BCUT2D eigenvalue weighted by molar-refractivity contribution is 0.186. The monoisotopic (exact) mass is 193 g/mol. The number of aryl methyl sites for hydroxylation is 1. The molecular formula is C11H12FNO. The van der Waals surface area contributed by atoms with Gasteiger partial charge in [0.15, 0.2) is 0 Å². The van der Waals surface area contributed by atoms with Gasteiger partial charge in [-0.15, -0.1) is 0 Å². The number of benzene rings is 1. The van der Waals surface area contributed by atoms with Crippen molar-refractivity contribution < 1.29 is 9.13 Å². The van der Waals surface area contributed by atoms with Crippen LogP contribution in [-0.2, 0) is 18.4 Å². The van der Waals surface area contributed by atoms with Gasteiger partial charge in [0, 0.05) is 36.8 Å². The normalized spacial score (nSPS) is 11.1. The van der Waals surface area contributed by atoms with Crippen molar-refractivity contribution in [2.75, 3.05) is 7.11 Å². The summed E-state index contributed by atoms with van der Waals surface area (Å²) < 4.78 is 20.0. The highest BCUT2D eigenvalue weighted by atomic mass is 19.1. The molecule has 0 spiro atoms. The first kappa shape index (κ1) is 9.21. The number of halogens is 1. The molecular weight excluding hydrogens is 181 g/mol. The standard InChI is InChI=1S/C11H12FNO/c1-13-6-8(7-14-2)10-5-9(12)3-4-11(10)13/h3-6H,7H2,1-2H3. The summed E-state index contributed by atoms with van der Waals surface area (Å²) in [6.07, 6.45) is 1.97. The molecule has 0 fully saturated rings. The summed E-state index contributed by atoms with van der Waals surface area (Å²) in [5, 5.41) is 0.925. The fraction of sp³-hybridized carbons (Fsp3) is 0.273.